The largest absolute Gasteiger partial charge is 0.399 e. The zero-order valence-corrected chi connectivity index (χ0v) is 8.59. The third kappa shape index (κ3) is 3.15. The van der Waals surface area contributed by atoms with Gasteiger partial charge in [0.15, 0.2) is 0 Å². The number of hydrogen-bond donors (Lipinski definition) is 3. The number of benzene rings is 1. The molecule has 0 fully saturated rings. The van der Waals surface area contributed by atoms with Crippen molar-refractivity contribution in [2.45, 2.75) is 4.90 Å². The zero-order valence-electron chi connectivity index (χ0n) is 7.77. The second-order valence-electron chi connectivity index (χ2n) is 2.84. The van der Waals surface area contributed by atoms with Crippen LogP contribution in [0, 0.1) is 5.82 Å². The first kappa shape index (κ1) is 11.9. The van der Waals surface area contributed by atoms with Crippen molar-refractivity contribution in [3.63, 3.8) is 0 Å². The molecule has 84 valence electrons. The third-order valence-corrected chi connectivity index (χ3v) is 3.05. The van der Waals surface area contributed by atoms with Gasteiger partial charge in [0.2, 0.25) is 10.0 Å². The number of nitrogens with one attached hydrogen (secondary N) is 1. The van der Waals surface area contributed by atoms with Crippen molar-refractivity contribution >= 4 is 15.7 Å². The van der Waals surface area contributed by atoms with E-state index < -0.39 is 15.8 Å². The van der Waals surface area contributed by atoms with Crippen LogP contribution in [0.15, 0.2) is 23.1 Å². The van der Waals surface area contributed by atoms with Crippen LogP contribution in [0.5, 0.6) is 0 Å². The van der Waals surface area contributed by atoms with E-state index in [0.717, 1.165) is 18.2 Å². The van der Waals surface area contributed by atoms with Crippen molar-refractivity contribution in [2.75, 3.05) is 18.9 Å². The summed E-state index contributed by atoms with van der Waals surface area (Å²) in [7, 11) is -3.80. The maximum atomic E-state index is 12.9. The first-order valence-electron chi connectivity index (χ1n) is 4.12. The monoisotopic (exact) mass is 234 g/mol. The first-order chi connectivity index (χ1) is 6.95. The van der Waals surface area contributed by atoms with Crippen molar-refractivity contribution in [2.24, 2.45) is 0 Å². The number of hydrogen-bond acceptors (Lipinski definition) is 4. The Labute approximate surface area is 86.8 Å². The highest BCUT2D eigenvalue weighted by atomic mass is 32.2. The normalized spacial score (nSPS) is 11.6. The predicted octanol–water partition coefficient (Wildman–Crippen LogP) is -0.322. The Morgan fingerprint density at radius 3 is 2.60 bits per heavy atom. The van der Waals surface area contributed by atoms with Crippen LogP contribution in [-0.4, -0.2) is 26.7 Å². The SMILES string of the molecule is Nc1cc(F)cc(S(=O)(=O)NCCO)c1. The minimum absolute atomic E-state index is 0.0272. The summed E-state index contributed by atoms with van der Waals surface area (Å²) in [5, 5.41) is 8.46. The highest BCUT2D eigenvalue weighted by Gasteiger charge is 2.14. The summed E-state index contributed by atoms with van der Waals surface area (Å²) in [5.41, 5.74) is 5.33. The van der Waals surface area contributed by atoms with Crippen molar-refractivity contribution in [1.82, 2.24) is 4.72 Å². The van der Waals surface area contributed by atoms with E-state index in [1.807, 2.05) is 0 Å². The molecule has 0 aliphatic heterocycles. The van der Waals surface area contributed by atoms with Gasteiger partial charge in [-0.15, -0.1) is 0 Å². The lowest BCUT2D eigenvalue weighted by Crippen LogP contribution is -2.26. The molecule has 1 aromatic rings. The molecule has 15 heavy (non-hydrogen) atoms. The van der Waals surface area contributed by atoms with Gasteiger partial charge in [-0.1, -0.05) is 0 Å². The van der Waals surface area contributed by atoms with Crippen molar-refractivity contribution in [3.8, 4) is 0 Å². The third-order valence-electron chi connectivity index (χ3n) is 1.61. The summed E-state index contributed by atoms with van der Waals surface area (Å²) in [6.07, 6.45) is 0. The van der Waals surface area contributed by atoms with E-state index in [-0.39, 0.29) is 23.7 Å². The van der Waals surface area contributed by atoms with Gasteiger partial charge in [-0.3, -0.25) is 0 Å². The average Bonchev–Trinajstić information content (AvgIpc) is 2.13. The molecule has 5 nitrogen and oxygen atoms in total. The second-order valence-corrected chi connectivity index (χ2v) is 4.61. The molecule has 0 aliphatic rings. The van der Waals surface area contributed by atoms with E-state index in [1.165, 1.54) is 0 Å². The lowest BCUT2D eigenvalue weighted by molar-refractivity contribution is 0.301. The van der Waals surface area contributed by atoms with Crippen molar-refractivity contribution in [1.29, 1.82) is 0 Å². The van der Waals surface area contributed by atoms with E-state index in [1.54, 1.807) is 0 Å². The van der Waals surface area contributed by atoms with Gasteiger partial charge in [-0.25, -0.2) is 17.5 Å². The quantitative estimate of drug-likeness (QED) is 0.622. The van der Waals surface area contributed by atoms with Crippen LogP contribution in [0.1, 0.15) is 0 Å². The van der Waals surface area contributed by atoms with Crippen LogP contribution in [0.4, 0.5) is 10.1 Å². The molecular formula is C8H11FN2O3S. The van der Waals surface area contributed by atoms with E-state index in [0.29, 0.717) is 0 Å². The number of halogens is 1. The fraction of sp³-hybridized carbons (Fsp3) is 0.250. The Bertz CT molecular complexity index is 427. The van der Waals surface area contributed by atoms with Crippen LogP contribution in [0.3, 0.4) is 0 Å². The van der Waals surface area contributed by atoms with Gasteiger partial charge in [0.05, 0.1) is 11.5 Å². The fourth-order valence-electron chi connectivity index (χ4n) is 1.00. The van der Waals surface area contributed by atoms with Crippen molar-refractivity contribution in [3.05, 3.63) is 24.0 Å². The van der Waals surface area contributed by atoms with Gasteiger partial charge in [0.25, 0.3) is 0 Å². The highest BCUT2D eigenvalue weighted by molar-refractivity contribution is 7.89. The maximum absolute atomic E-state index is 12.9. The summed E-state index contributed by atoms with van der Waals surface area (Å²) in [4.78, 5) is -0.256. The summed E-state index contributed by atoms with van der Waals surface area (Å²) >= 11 is 0. The lowest BCUT2D eigenvalue weighted by Gasteiger charge is -2.06. The molecule has 0 aliphatic carbocycles. The summed E-state index contributed by atoms with van der Waals surface area (Å²) in [6, 6.07) is 3.02. The molecular weight excluding hydrogens is 223 g/mol. The lowest BCUT2D eigenvalue weighted by atomic mass is 10.3. The van der Waals surface area contributed by atoms with Gasteiger partial charge >= 0.3 is 0 Å². The van der Waals surface area contributed by atoms with Crippen LogP contribution in [-0.2, 0) is 10.0 Å². The second kappa shape index (κ2) is 4.56. The summed E-state index contributed by atoms with van der Waals surface area (Å²) in [6.45, 7) is -0.456. The Morgan fingerprint density at radius 2 is 2.07 bits per heavy atom. The molecule has 0 bridgehead atoms. The maximum Gasteiger partial charge on any atom is 0.240 e. The van der Waals surface area contributed by atoms with Crippen LogP contribution < -0.4 is 10.5 Å². The van der Waals surface area contributed by atoms with Crippen LogP contribution >= 0.6 is 0 Å². The number of sulfonamides is 1. The van der Waals surface area contributed by atoms with E-state index in [4.69, 9.17) is 10.8 Å². The number of aliphatic hydroxyl groups is 1. The number of nitrogen functional groups attached to an aromatic ring is 1. The number of aliphatic hydroxyl groups excluding tert-OH is 1. The van der Waals surface area contributed by atoms with E-state index in [2.05, 4.69) is 4.72 Å². The van der Waals surface area contributed by atoms with Gasteiger partial charge < -0.3 is 10.8 Å². The molecule has 1 aromatic carbocycles. The molecule has 0 unspecified atom stereocenters. The molecule has 0 heterocycles. The fourth-order valence-corrected chi connectivity index (χ4v) is 2.09. The molecule has 0 radical (unpaired) electrons. The van der Waals surface area contributed by atoms with Gasteiger partial charge in [-0.2, -0.15) is 0 Å². The average molecular weight is 234 g/mol. The van der Waals surface area contributed by atoms with Gasteiger partial charge in [-0.05, 0) is 18.2 Å². The molecule has 0 aromatic heterocycles. The molecule has 0 saturated heterocycles. The smallest absolute Gasteiger partial charge is 0.240 e. The molecule has 4 N–H and O–H groups in total. The number of anilines is 1. The van der Waals surface area contributed by atoms with Gasteiger partial charge in [0.1, 0.15) is 5.82 Å². The molecule has 0 spiro atoms. The zero-order chi connectivity index (χ0) is 11.5. The minimum atomic E-state index is -3.80. The van der Waals surface area contributed by atoms with E-state index in [9.17, 15) is 12.8 Å². The van der Waals surface area contributed by atoms with Crippen LogP contribution in [0.2, 0.25) is 0 Å². The first-order valence-corrected chi connectivity index (χ1v) is 5.60. The van der Waals surface area contributed by atoms with Gasteiger partial charge in [0, 0.05) is 12.2 Å². The molecule has 0 saturated carbocycles. The summed E-state index contributed by atoms with van der Waals surface area (Å²) < 4.78 is 37.8. The van der Waals surface area contributed by atoms with E-state index >= 15 is 0 Å². The molecule has 1 rings (SSSR count). The Balaban J connectivity index is 3.04. The summed E-state index contributed by atoms with van der Waals surface area (Å²) in [5.74, 6) is -0.723. The molecule has 0 atom stereocenters. The van der Waals surface area contributed by atoms with Crippen molar-refractivity contribution < 1.29 is 17.9 Å². The Hall–Kier alpha value is -1.18. The number of nitrogens with two attached hydrogens (primary N) is 1. The standard InChI is InChI=1S/C8H11FN2O3S/c9-6-3-7(10)5-8(4-6)15(13,14)11-1-2-12/h3-5,11-12H,1-2,10H2. The number of rotatable bonds is 4. The predicted molar refractivity (Wildman–Crippen MR) is 53.1 cm³/mol. The molecule has 7 heteroatoms. The van der Waals surface area contributed by atoms with Crippen LogP contribution in [0.25, 0.3) is 0 Å². The topological polar surface area (TPSA) is 92.4 Å². The molecule has 0 amide bonds. The Morgan fingerprint density at radius 1 is 1.40 bits per heavy atom. The highest BCUT2D eigenvalue weighted by Crippen LogP contribution is 2.15. The minimum Gasteiger partial charge on any atom is -0.399 e. The Kier molecular flexibility index (Phi) is 3.61.